The predicted molar refractivity (Wildman–Crippen MR) is 116 cm³/mol. The van der Waals surface area contributed by atoms with E-state index in [4.69, 9.17) is 22.9 Å². The van der Waals surface area contributed by atoms with Crippen molar-refractivity contribution in [2.75, 3.05) is 58.9 Å². The van der Waals surface area contributed by atoms with E-state index in [-0.39, 0.29) is 23.5 Å². The van der Waals surface area contributed by atoms with Crippen molar-refractivity contribution in [2.45, 2.75) is 13.0 Å². The summed E-state index contributed by atoms with van der Waals surface area (Å²) in [4.78, 5) is 30.3. The first-order valence-corrected chi connectivity index (χ1v) is 10.4. The largest absolute Gasteiger partial charge is 0.329 e. The van der Waals surface area contributed by atoms with Crippen LogP contribution < -0.4 is 22.9 Å². The van der Waals surface area contributed by atoms with Crippen molar-refractivity contribution in [3.05, 3.63) is 35.4 Å². The fourth-order valence-electron chi connectivity index (χ4n) is 4.34. The molecule has 162 valence electrons. The van der Waals surface area contributed by atoms with Gasteiger partial charge < -0.3 is 22.9 Å². The van der Waals surface area contributed by atoms with Crippen LogP contribution in [0.5, 0.6) is 0 Å². The molecule has 8 nitrogen and oxygen atoms in total. The molecule has 0 fully saturated rings. The lowest BCUT2D eigenvalue weighted by atomic mass is 9.83. The van der Waals surface area contributed by atoms with Crippen LogP contribution in [0.1, 0.15) is 27.6 Å². The van der Waals surface area contributed by atoms with E-state index in [2.05, 4.69) is 9.80 Å². The van der Waals surface area contributed by atoms with Gasteiger partial charge in [0.2, 0.25) is 0 Å². The number of nitrogens with two attached hydrogens (primary N) is 4. The Balaban J connectivity index is 2.15. The van der Waals surface area contributed by atoms with Crippen LogP contribution in [-0.4, -0.2) is 86.3 Å². The number of nitrogens with zero attached hydrogens (tertiary/aromatic N) is 2. The Morgan fingerprint density at radius 1 is 0.828 bits per heavy atom. The van der Waals surface area contributed by atoms with E-state index in [1.165, 1.54) is 0 Å². The van der Waals surface area contributed by atoms with Gasteiger partial charge in [-0.1, -0.05) is 31.2 Å². The number of ketones is 2. The number of fused-ring (bicyclic) bond motifs is 1. The van der Waals surface area contributed by atoms with Crippen LogP contribution in [0.4, 0.5) is 0 Å². The second-order valence-electron chi connectivity index (χ2n) is 7.66. The zero-order chi connectivity index (χ0) is 21.4. The molecule has 2 rings (SSSR count). The average Bonchev–Trinajstić information content (AvgIpc) is 2.97. The van der Waals surface area contributed by atoms with Gasteiger partial charge in [0.15, 0.2) is 11.6 Å². The van der Waals surface area contributed by atoms with Gasteiger partial charge >= 0.3 is 0 Å². The minimum absolute atomic E-state index is 0.0999. The Morgan fingerprint density at radius 3 is 1.79 bits per heavy atom. The first-order chi connectivity index (χ1) is 14.0. The molecule has 2 unspecified atom stereocenters. The summed E-state index contributed by atoms with van der Waals surface area (Å²) in [5.74, 6) is -1.10. The van der Waals surface area contributed by atoms with Crippen molar-refractivity contribution in [3.63, 3.8) is 0 Å². The van der Waals surface area contributed by atoms with E-state index in [0.29, 0.717) is 43.9 Å². The summed E-state index contributed by atoms with van der Waals surface area (Å²) in [7, 11) is 0. The number of rotatable bonds is 13. The highest BCUT2D eigenvalue weighted by Gasteiger charge is 2.44. The molecule has 1 aliphatic carbocycles. The third-order valence-corrected chi connectivity index (χ3v) is 5.88. The quantitative estimate of drug-likeness (QED) is 0.310. The van der Waals surface area contributed by atoms with E-state index in [0.717, 1.165) is 26.2 Å². The topological polar surface area (TPSA) is 145 Å². The Bertz CT molecular complexity index is 642. The molecule has 0 bridgehead atoms. The molecule has 0 saturated heterocycles. The van der Waals surface area contributed by atoms with Crippen LogP contribution in [0, 0.1) is 11.8 Å². The van der Waals surface area contributed by atoms with Crippen LogP contribution >= 0.6 is 0 Å². The number of benzene rings is 1. The van der Waals surface area contributed by atoms with Gasteiger partial charge in [0.1, 0.15) is 0 Å². The second-order valence-corrected chi connectivity index (χ2v) is 7.66. The molecule has 1 aromatic carbocycles. The zero-order valence-corrected chi connectivity index (χ0v) is 17.4. The van der Waals surface area contributed by atoms with E-state index >= 15 is 0 Å². The molecule has 8 heteroatoms. The van der Waals surface area contributed by atoms with Gasteiger partial charge in [-0.3, -0.25) is 19.4 Å². The second kappa shape index (κ2) is 11.5. The predicted octanol–water partition coefficient (Wildman–Crippen LogP) is -0.875. The number of Topliss-reactive ketones (excluding diaryl/α,β-unsaturated/α-hetero) is 2. The van der Waals surface area contributed by atoms with Crippen LogP contribution in [0.25, 0.3) is 0 Å². The van der Waals surface area contributed by atoms with E-state index < -0.39 is 5.92 Å². The third kappa shape index (κ3) is 5.48. The Hall–Kier alpha value is -1.68. The minimum atomic E-state index is -0.689. The lowest BCUT2D eigenvalue weighted by Gasteiger charge is -2.37. The van der Waals surface area contributed by atoms with E-state index in [1.807, 2.05) is 6.92 Å². The molecular weight excluding hydrogens is 368 g/mol. The zero-order valence-electron chi connectivity index (χ0n) is 17.4. The Morgan fingerprint density at radius 2 is 1.34 bits per heavy atom. The van der Waals surface area contributed by atoms with Crippen LogP contribution in [0.2, 0.25) is 0 Å². The fourth-order valence-corrected chi connectivity index (χ4v) is 4.34. The Labute approximate surface area is 173 Å². The molecule has 0 radical (unpaired) electrons. The van der Waals surface area contributed by atoms with E-state index in [1.54, 1.807) is 24.3 Å². The molecule has 0 spiro atoms. The lowest BCUT2D eigenvalue weighted by molar-refractivity contribution is 0.0669. The van der Waals surface area contributed by atoms with Crippen LogP contribution in [0.15, 0.2) is 24.3 Å². The summed E-state index contributed by atoms with van der Waals surface area (Å²) < 4.78 is 0. The molecule has 0 aliphatic heterocycles. The first-order valence-electron chi connectivity index (χ1n) is 10.4. The standard InChI is InChI=1S/C21H36N6O2/c1-15(19-20(28)16-4-2-3-5-17(16)21(19)29)18(14-25)27(11-8-24)13-12-26(9-6-22)10-7-23/h2-5,15,18-19H,6-14,22-25H2,1H3. The Kier molecular flexibility index (Phi) is 9.35. The average molecular weight is 405 g/mol. The summed E-state index contributed by atoms with van der Waals surface area (Å²) in [6, 6.07) is 6.93. The van der Waals surface area contributed by atoms with Gasteiger partial charge in [-0.2, -0.15) is 0 Å². The number of carbonyl (C=O) groups excluding carboxylic acids is 2. The molecule has 0 heterocycles. The van der Waals surface area contributed by atoms with Crippen molar-refractivity contribution < 1.29 is 9.59 Å². The van der Waals surface area contributed by atoms with Gasteiger partial charge in [-0.15, -0.1) is 0 Å². The molecule has 0 aromatic heterocycles. The van der Waals surface area contributed by atoms with Crippen molar-refractivity contribution in [1.82, 2.24) is 9.80 Å². The van der Waals surface area contributed by atoms with Gasteiger partial charge in [0.05, 0.1) is 5.92 Å². The van der Waals surface area contributed by atoms with Crippen molar-refractivity contribution in [1.29, 1.82) is 0 Å². The van der Waals surface area contributed by atoms with Crippen molar-refractivity contribution in [3.8, 4) is 0 Å². The summed E-state index contributed by atoms with van der Waals surface area (Å²) >= 11 is 0. The maximum absolute atomic E-state index is 12.9. The number of hydrogen-bond donors (Lipinski definition) is 4. The van der Waals surface area contributed by atoms with Crippen molar-refractivity contribution in [2.24, 2.45) is 34.8 Å². The third-order valence-electron chi connectivity index (χ3n) is 5.88. The minimum Gasteiger partial charge on any atom is -0.329 e. The lowest BCUT2D eigenvalue weighted by Crippen LogP contribution is -2.52. The summed E-state index contributed by atoms with van der Waals surface area (Å²) in [6.45, 7) is 7.60. The highest BCUT2D eigenvalue weighted by atomic mass is 16.2. The maximum atomic E-state index is 12.9. The normalized spacial score (nSPS) is 16.7. The maximum Gasteiger partial charge on any atom is 0.174 e. The number of carbonyl (C=O) groups is 2. The fraction of sp³-hybridized carbons (Fsp3) is 0.619. The summed E-state index contributed by atoms with van der Waals surface area (Å²) in [5, 5.41) is 0. The van der Waals surface area contributed by atoms with Crippen LogP contribution in [-0.2, 0) is 0 Å². The van der Waals surface area contributed by atoms with E-state index in [9.17, 15) is 9.59 Å². The van der Waals surface area contributed by atoms with Crippen LogP contribution in [0.3, 0.4) is 0 Å². The van der Waals surface area contributed by atoms with Crippen molar-refractivity contribution >= 4 is 11.6 Å². The monoisotopic (exact) mass is 404 g/mol. The number of hydrogen-bond acceptors (Lipinski definition) is 8. The molecule has 2 atom stereocenters. The summed E-state index contributed by atoms with van der Waals surface area (Å²) in [6.07, 6.45) is 0. The first kappa shape index (κ1) is 23.6. The molecule has 1 aromatic rings. The van der Waals surface area contributed by atoms with Gasteiger partial charge in [-0.05, 0) is 5.92 Å². The molecule has 1 aliphatic rings. The van der Waals surface area contributed by atoms with Gasteiger partial charge in [-0.25, -0.2) is 0 Å². The summed E-state index contributed by atoms with van der Waals surface area (Å²) in [5.41, 5.74) is 24.4. The molecule has 0 amide bonds. The molecule has 8 N–H and O–H groups in total. The highest BCUT2D eigenvalue weighted by molar-refractivity contribution is 6.26. The van der Waals surface area contributed by atoms with Gasteiger partial charge in [0.25, 0.3) is 0 Å². The van der Waals surface area contributed by atoms with Gasteiger partial charge in [0, 0.05) is 76.1 Å². The highest BCUT2D eigenvalue weighted by Crippen LogP contribution is 2.34. The molecule has 29 heavy (non-hydrogen) atoms. The molecular formula is C21H36N6O2. The SMILES string of the molecule is CC(C1C(=O)c2ccccc2C1=O)C(CN)N(CCN)CCN(CCN)CCN. The molecule has 0 saturated carbocycles. The smallest absolute Gasteiger partial charge is 0.174 e.